The van der Waals surface area contributed by atoms with Gasteiger partial charge >= 0.3 is 0 Å². The van der Waals surface area contributed by atoms with E-state index >= 15 is 0 Å². The van der Waals surface area contributed by atoms with Gasteiger partial charge in [-0.3, -0.25) is 0 Å². The van der Waals surface area contributed by atoms with Gasteiger partial charge in [0.1, 0.15) is 4.90 Å². The summed E-state index contributed by atoms with van der Waals surface area (Å²) in [5.41, 5.74) is 6.02. The van der Waals surface area contributed by atoms with Crippen LogP contribution in [0.5, 0.6) is 0 Å². The van der Waals surface area contributed by atoms with Gasteiger partial charge in [0.25, 0.3) is 0 Å². The molecule has 0 atom stereocenters. The van der Waals surface area contributed by atoms with Gasteiger partial charge < -0.3 is 16.2 Å². The zero-order chi connectivity index (χ0) is 15.5. The molecule has 0 unspecified atom stereocenters. The Morgan fingerprint density at radius 1 is 1.29 bits per heavy atom. The summed E-state index contributed by atoms with van der Waals surface area (Å²) in [5.74, 6) is 0. The smallest absolute Gasteiger partial charge is 0.242 e. The van der Waals surface area contributed by atoms with E-state index in [4.69, 9.17) is 5.73 Å². The van der Waals surface area contributed by atoms with Crippen LogP contribution in [0.2, 0.25) is 0 Å². The molecule has 0 spiro atoms. The lowest BCUT2D eigenvalue weighted by molar-refractivity contribution is 0.0167. The van der Waals surface area contributed by atoms with E-state index in [0.717, 1.165) is 25.7 Å². The van der Waals surface area contributed by atoms with E-state index < -0.39 is 15.6 Å². The summed E-state index contributed by atoms with van der Waals surface area (Å²) >= 11 is 0. The van der Waals surface area contributed by atoms with E-state index in [2.05, 4.69) is 10.0 Å². The molecule has 0 radical (unpaired) electrons. The predicted octanol–water partition coefficient (Wildman–Crippen LogP) is 1.28. The molecular formula is C14H23N3O3S. The van der Waals surface area contributed by atoms with Crippen LogP contribution in [-0.2, 0) is 10.0 Å². The molecule has 0 heterocycles. The largest absolute Gasteiger partial charge is 0.398 e. The van der Waals surface area contributed by atoms with Crippen LogP contribution in [0.3, 0.4) is 0 Å². The van der Waals surface area contributed by atoms with Crippen LogP contribution in [-0.4, -0.2) is 32.7 Å². The standard InChI is InChI=1S/C14H23N3O3S/c1-16-21(19,20)13-6-5-11(9-12(13)15)17-10-14(18)7-3-2-4-8-14/h5-6,9,16-18H,2-4,7-8,10,15H2,1H3. The number of hydrogen-bond acceptors (Lipinski definition) is 5. The van der Waals surface area contributed by atoms with Crippen molar-refractivity contribution in [3.8, 4) is 0 Å². The molecule has 0 amide bonds. The maximum Gasteiger partial charge on any atom is 0.242 e. The minimum Gasteiger partial charge on any atom is -0.398 e. The highest BCUT2D eigenvalue weighted by atomic mass is 32.2. The summed E-state index contributed by atoms with van der Waals surface area (Å²) in [6.07, 6.45) is 4.84. The Morgan fingerprint density at radius 2 is 1.95 bits per heavy atom. The Morgan fingerprint density at radius 3 is 2.52 bits per heavy atom. The SMILES string of the molecule is CNS(=O)(=O)c1ccc(NCC2(O)CCCCC2)cc1N. The molecule has 1 fully saturated rings. The zero-order valence-electron chi connectivity index (χ0n) is 12.2. The van der Waals surface area contributed by atoms with Crippen LogP contribution in [0, 0.1) is 0 Å². The molecule has 1 aromatic carbocycles. The van der Waals surface area contributed by atoms with E-state index in [-0.39, 0.29) is 10.6 Å². The second kappa shape index (κ2) is 6.21. The molecule has 118 valence electrons. The van der Waals surface area contributed by atoms with Crippen molar-refractivity contribution in [2.45, 2.75) is 42.6 Å². The number of sulfonamides is 1. The number of hydrogen-bond donors (Lipinski definition) is 4. The summed E-state index contributed by atoms with van der Waals surface area (Å²) < 4.78 is 25.7. The Labute approximate surface area is 125 Å². The number of anilines is 2. The Hall–Kier alpha value is -1.31. The van der Waals surface area contributed by atoms with Crippen molar-refractivity contribution in [3.05, 3.63) is 18.2 Å². The van der Waals surface area contributed by atoms with Gasteiger partial charge in [-0.25, -0.2) is 13.1 Å². The molecule has 0 aliphatic heterocycles. The molecular weight excluding hydrogens is 290 g/mol. The quantitative estimate of drug-likeness (QED) is 0.613. The highest BCUT2D eigenvalue weighted by molar-refractivity contribution is 7.89. The summed E-state index contributed by atoms with van der Waals surface area (Å²) in [4.78, 5) is 0.0620. The molecule has 1 aromatic rings. The molecule has 21 heavy (non-hydrogen) atoms. The van der Waals surface area contributed by atoms with Gasteiger partial charge in [-0.15, -0.1) is 0 Å². The van der Waals surface area contributed by atoms with Gasteiger partial charge in [-0.1, -0.05) is 19.3 Å². The fraction of sp³-hybridized carbons (Fsp3) is 0.571. The average molecular weight is 313 g/mol. The normalized spacial score (nSPS) is 18.4. The molecule has 1 saturated carbocycles. The first-order valence-electron chi connectivity index (χ1n) is 7.16. The third-order valence-corrected chi connectivity index (χ3v) is 5.46. The summed E-state index contributed by atoms with van der Waals surface area (Å²) in [6, 6.07) is 4.71. The summed E-state index contributed by atoms with van der Waals surface area (Å²) in [7, 11) is -2.20. The van der Waals surface area contributed by atoms with Crippen LogP contribution >= 0.6 is 0 Å². The lowest BCUT2D eigenvalue weighted by atomic mass is 9.85. The third-order valence-electron chi connectivity index (χ3n) is 3.97. The Kier molecular flexibility index (Phi) is 4.75. The topological polar surface area (TPSA) is 104 Å². The van der Waals surface area contributed by atoms with Crippen molar-refractivity contribution >= 4 is 21.4 Å². The molecule has 0 bridgehead atoms. The second-order valence-electron chi connectivity index (χ2n) is 5.60. The average Bonchev–Trinajstić information content (AvgIpc) is 2.46. The Bertz CT molecular complexity index is 595. The third kappa shape index (κ3) is 3.87. The first kappa shape index (κ1) is 16.1. The predicted molar refractivity (Wildman–Crippen MR) is 83.6 cm³/mol. The van der Waals surface area contributed by atoms with Gasteiger partial charge in [-0.2, -0.15) is 0 Å². The van der Waals surface area contributed by atoms with E-state index in [1.807, 2.05) is 0 Å². The molecule has 7 heteroatoms. The number of nitrogens with one attached hydrogen (secondary N) is 2. The van der Waals surface area contributed by atoms with E-state index in [1.54, 1.807) is 12.1 Å². The zero-order valence-corrected chi connectivity index (χ0v) is 13.0. The molecule has 1 aliphatic carbocycles. The number of aliphatic hydroxyl groups is 1. The van der Waals surface area contributed by atoms with Crippen molar-refractivity contribution in [1.82, 2.24) is 4.72 Å². The first-order chi connectivity index (χ1) is 9.86. The van der Waals surface area contributed by atoms with Crippen molar-refractivity contribution < 1.29 is 13.5 Å². The van der Waals surface area contributed by atoms with Crippen molar-refractivity contribution in [3.63, 3.8) is 0 Å². The molecule has 1 aliphatic rings. The van der Waals surface area contributed by atoms with Crippen molar-refractivity contribution in [2.75, 3.05) is 24.6 Å². The van der Waals surface area contributed by atoms with Gasteiger partial charge in [0, 0.05) is 12.2 Å². The minimum atomic E-state index is -3.55. The van der Waals surface area contributed by atoms with Crippen LogP contribution in [0.15, 0.2) is 23.1 Å². The van der Waals surface area contributed by atoms with Crippen LogP contribution in [0.1, 0.15) is 32.1 Å². The van der Waals surface area contributed by atoms with Crippen LogP contribution < -0.4 is 15.8 Å². The lowest BCUT2D eigenvalue weighted by Crippen LogP contribution is -2.38. The fourth-order valence-electron chi connectivity index (χ4n) is 2.67. The van der Waals surface area contributed by atoms with Gasteiger partial charge in [0.15, 0.2) is 0 Å². The van der Waals surface area contributed by atoms with Crippen molar-refractivity contribution in [1.29, 1.82) is 0 Å². The monoisotopic (exact) mass is 313 g/mol. The Balaban J connectivity index is 2.07. The fourth-order valence-corrected chi connectivity index (χ4v) is 3.50. The highest BCUT2D eigenvalue weighted by Gasteiger charge is 2.28. The molecule has 0 aromatic heterocycles. The van der Waals surface area contributed by atoms with Crippen LogP contribution in [0.4, 0.5) is 11.4 Å². The second-order valence-corrected chi connectivity index (χ2v) is 7.45. The van der Waals surface area contributed by atoms with Crippen LogP contribution in [0.25, 0.3) is 0 Å². The summed E-state index contributed by atoms with van der Waals surface area (Å²) in [6.45, 7) is 0.449. The number of nitrogen functional groups attached to an aromatic ring is 1. The molecule has 6 nitrogen and oxygen atoms in total. The summed E-state index contributed by atoms with van der Waals surface area (Å²) in [5, 5.41) is 13.6. The maximum absolute atomic E-state index is 11.7. The molecule has 2 rings (SSSR count). The maximum atomic E-state index is 11.7. The number of nitrogens with two attached hydrogens (primary N) is 1. The highest BCUT2D eigenvalue weighted by Crippen LogP contribution is 2.29. The van der Waals surface area contributed by atoms with E-state index in [1.165, 1.54) is 19.5 Å². The number of rotatable bonds is 5. The van der Waals surface area contributed by atoms with Gasteiger partial charge in [0.05, 0.1) is 11.3 Å². The van der Waals surface area contributed by atoms with E-state index in [0.29, 0.717) is 12.2 Å². The van der Waals surface area contributed by atoms with Crippen molar-refractivity contribution in [2.24, 2.45) is 0 Å². The molecule has 0 saturated heterocycles. The minimum absolute atomic E-state index is 0.0620. The number of benzene rings is 1. The molecule has 5 N–H and O–H groups in total. The van der Waals surface area contributed by atoms with E-state index in [9.17, 15) is 13.5 Å². The first-order valence-corrected chi connectivity index (χ1v) is 8.64. The van der Waals surface area contributed by atoms with Gasteiger partial charge in [0.2, 0.25) is 10.0 Å². The van der Waals surface area contributed by atoms with Gasteiger partial charge in [-0.05, 0) is 38.1 Å². The lowest BCUT2D eigenvalue weighted by Gasteiger charge is -2.32.